The summed E-state index contributed by atoms with van der Waals surface area (Å²) in [6.07, 6.45) is 4.67. The van der Waals surface area contributed by atoms with Crippen molar-refractivity contribution in [3.63, 3.8) is 0 Å². The Balaban J connectivity index is 1.95. The normalized spacial score (nSPS) is 15.4. The van der Waals surface area contributed by atoms with Gasteiger partial charge in [0.25, 0.3) is 5.91 Å². The molecule has 0 spiro atoms. The lowest BCUT2D eigenvalue weighted by molar-refractivity contribution is 0.0755. The highest BCUT2D eigenvalue weighted by Gasteiger charge is 2.27. The van der Waals surface area contributed by atoms with Crippen LogP contribution in [0.1, 0.15) is 29.1 Å². The Hall–Kier alpha value is -2.40. The molecule has 1 heterocycles. The first kappa shape index (κ1) is 17.4. The van der Waals surface area contributed by atoms with Gasteiger partial charge in [-0.3, -0.25) is 4.79 Å². The van der Waals surface area contributed by atoms with E-state index in [1.165, 1.54) is 0 Å². The van der Waals surface area contributed by atoms with Crippen molar-refractivity contribution in [1.29, 1.82) is 0 Å². The average Bonchev–Trinajstić information content (AvgIpc) is 2.61. The minimum Gasteiger partial charge on any atom is -0.490 e. The minimum absolute atomic E-state index is 0.152. The summed E-state index contributed by atoms with van der Waals surface area (Å²) < 4.78 is 18.0. The van der Waals surface area contributed by atoms with Gasteiger partial charge in [0.2, 0.25) is 0 Å². The van der Waals surface area contributed by atoms with E-state index in [0.29, 0.717) is 29.4 Å². The largest absolute Gasteiger partial charge is 0.490 e. The molecule has 128 valence electrons. The number of hydrogen-bond donors (Lipinski definition) is 1. The third kappa shape index (κ3) is 3.66. The van der Waals surface area contributed by atoms with Crippen molar-refractivity contribution in [1.82, 2.24) is 5.32 Å². The standard InChI is InChI=1S/C19H16INO4/c1-3-9-24-17-14(20)10-12(11-16(17)23-4-2)19-21-18(22)13-7-5-6-8-15(13)25-19/h1,5-8,10-11,19H,4,9H2,2H3,(H,21,22)/t19-/m1/s1. The molecule has 0 bridgehead atoms. The van der Waals surface area contributed by atoms with Crippen LogP contribution < -0.4 is 19.5 Å². The summed E-state index contributed by atoms with van der Waals surface area (Å²) in [5.41, 5.74) is 1.29. The molecule has 1 aliphatic rings. The molecule has 6 heteroatoms. The third-order valence-electron chi connectivity index (χ3n) is 3.57. The zero-order valence-electron chi connectivity index (χ0n) is 13.5. The molecule has 0 unspecified atom stereocenters. The molecule has 25 heavy (non-hydrogen) atoms. The molecule has 1 atom stereocenters. The summed E-state index contributed by atoms with van der Waals surface area (Å²) in [6.45, 7) is 2.52. The van der Waals surface area contributed by atoms with Crippen LogP contribution in [0.3, 0.4) is 0 Å². The summed E-state index contributed by atoms with van der Waals surface area (Å²) in [7, 11) is 0. The summed E-state index contributed by atoms with van der Waals surface area (Å²) in [5, 5.41) is 2.85. The number of amides is 1. The number of carbonyl (C=O) groups is 1. The highest BCUT2D eigenvalue weighted by Crippen LogP contribution is 2.37. The lowest BCUT2D eigenvalue weighted by atomic mass is 10.1. The molecule has 0 radical (unpaired) electrons. The molecular weight excluding hydrogens is 433 g/mol. The lowest BCUT2D eigenvalue weighted by Crippen LogP contribution is -2.36. The van der Waals surface area contributed by atoms with Gasteiger partial charge in [-0.15, -0.1) is 6.42 Å². The van der Waals surface area contributed by atoms with Crippen molar-refractivity contribution >= 4 is 28.5 Å². The number of rotatable bonds is 5. The molecule has 2 aromatic rings. The van der Waals surface area contributed by atoms with E-state index < -0.39 is 6.23 Å². The smallest absolute Gasteiger partial charge is 0.258 e. The number of fused-ring (bicyclic) bond motifs is 1. The van der Waals surface area contributed by atoms with Crippen molar-refractivity contribution < 1.29 is 19.0 Å². The van der Waals surface area contributed by atoms with Crippen LogP contribution in [-0.2, 0) is 0 Å². The van der Waals surface area contributed by atoms with Gasteiger partial charge in [0.1, 0.15) is 12.4 Å². The van der Waals surface area contributed by atoms with Crippen molar-refractivity contribution in [3.8, 4) is 29.6 Å². The van der Waals surface area contributed by atoms with Gasteiger partial charge < -0.3 is 19.5 Å². The van der Waals surface area contributed by atoms with E-state index in [1.54, 1.807) is 24.3 Å². The maximum Gasteiger partial charge on any atom is 0.258 e. The number of ether oxygens (including phenoxy) is 3. The summed E-state index contributed by atoms with van der Waals surface area (Å²) in [6, 6.07) is 10.8. The van der Waals surface area contributed by atoms with E-state index >= 15 is 0 Å². The van der Waals surface area contributed by atoms with Crippen LogP contribution >= 0.6 is 22.6 Å². The van der Waals surface area contributed by atoms with Crippen LogP contribution in [0, 0.1) is 15.9 Å². The van der Waals surface area contributed by atoms with Gasteiger partial charge in [0.05, 0.1) is 15.7 Å². The van der Waals surface area contributed by atoms with Crippen molar-refractivity contribution in [3.05, 3.63) is 51.1 Å². The predicted molar refractivity (Wildman–Crippen MR) is 102 cm³/mol. The van der Waals surface area contributed by atoms with Gasteiger partial charge in [-0.2, -0.15) is 0 Å². The third-order valence-corrected chi connectivity index (χ3v) is 4.37. The number of benzene rings is 2. The topological polar surface area (TPSA) is 56.8 Å². The van der Waals surface area contributed by atoms with E-state index in [0.717, 1.165) is 9.13 Å². The molecule has 5 nitrogen and oxygen atoms in total. The van der Waals surface area contributed by atoms with Crippen LogP contribution in [0.25, 0.3) is 0 Å². The number of halogens is 1. The lowest BCUT2D eigenvalue weighted by Gasteiger charge is -2.27. The zero-order valence-corrected chi connectivity index (χ0v) is 15.7. The second-order valence-electron chi connectivity index (χ2n) is 5.22. The van der Waals surface area contributed by atoms with Crippen LogP contribution in [-0.4, -0.2) is 19.1 Å². The van der Waals surface area contributed by atoms with Gasteiger partial charge in [-0.05, 0) is 53.8 Å². The number of hydrogen-bond acceptors (Lipinski definition) is 4. The minimum atomic E-state index is -0.600. The van der Waals surface area contributed by atoms with Gasteiger partial charge >= 0.3 is 0 Å². The van der Waals surface area contributed by atoms with Gasteiger partial charge in [0.15, 0.2) is 17.7 Å². The fourth-order valence-electron chi connectivity index (χ4n) is 2.52. The maximum absolute atomic E-state index is 12.3. The summed E-state index contributed by atoms with van der Waals surface area (Å²) in [5.74, 6) is 3.98. The molecule has 1 amide bonds. The molecule has 2 aromatic carbocycles. The molecule has 0 aliphatic carbocycles. The molecule has 0 aromatic heterocycles. The van der Waals surface area contributed by atoms with Crippen LogP contribution in [0.15, 0.2) is 36.4 Å². The number of nitrogens with one attached hydrogen (secondary N) is 1. The molecule has 1 N–H and O–H groups in total. The van der Waals surface area contributed by atoms with Gasteiger partial charge in [-0.1, -0.05) is 18.1 Å². The van der Waals surface area contributed by atoms with Crippen LogP contribution in [0.5, 0.6) is 17.2 Å². The van der Waals surface area contributed by atoms with Gasteiger partial charge in [-0.25, -0.2) is 0 Å². The highest BCUT2D eigenvalue weighted by molar-refractivity contribution is 14.1. The first-order valence-corrected chi connectivity index (χ1v) is 8.81. The monoisotopic (exact) mass is 449 g/mol. The highest BCUT2D eigenvalue weighted by atomic mass is 127. The van der Waals surface area contributed by atoms with Crippen molar-refractivity contribution in [2.75, 3.05) is 13.2 Å². The first-order valence-electron chi connectivity index (χ1n) is 7.73. The summed E-state index contributed by atoms with van der Waals surface area (Å²) >= 11 is 2.15. The Morgan fingerprint density at radius 3 is 2.88 bits per heavy atom. The van der Waals surface area contributed by atoms with E-state index in [4.69, 9.17) is 20.6 Å². The van der Waals surface area contributed by atoms with E-state index in [9.17, 15) is 4.79 Å². The molecule has 0 fully saturated rings. The molecule has 3 rings (SSSR count). The molecule has 0 saturated heterocycles. The van der Waals surface area contributed by atoms with Crippen LogP contribution in [0.4, 0.5) is 0 Å². The Morgan fingerprint density at radius 2 is 2.12 bits per heavy atom. The SMILES string of the molecule is C#CCOc1c(I)cc([C@@H]2NC(=O)c3ccccc3O2)cc1OCC. The Labute approximate surface area is 159 Å². The Bertz CT molecular complexity index is 844. The molecular formula is C19H16INO4. The second-order valence-corrected chi connectivity index (χ2v) is 6.39. The van der Waals surface area contributed by atoms with E-state index in [-0.39, 0.29) is 12.5 Å². The van der Waals surface area contributed by atoms with Crippen molar-refractivity contribution in [2.24, 2.45) is 0 Å². The number of terminal acetylenes is 1. The van der Waals surface area contributed by atoms with E-state index in [2.05, 4.69) is 33.8 Å². The summed E-state index contributed by atoms with van der Waals surface area (Å²) in [4.78, 5) is 12.3. The fourth-order valence-corrected chi connectivity index (χ4v) is 3.30. The molecule has 0 saturated carbocycles. The Kier molecular flexibility index (Phi) is 5.34. The number of para-hydroxylation sites is 1. The van der Waals surface area contributed by atoms with Crippen LogP contribution in [0.2, 0.25) is 0 Å². The maximum atomic E-state index is 12.3. The number of carbonyl (C=O) groups excluding carboxylic acids is 1. The zero-order chi connectivity index (χ0) is 17.8. The molecule has 1 aliphatic heterocycles. The fraction of sp³-hybridized carbons (Fsp3) is 0.211. The average molecular weight is 449 g/mol. The van der Waals surface area contributed by atoms with E-state index in [1.807, 2.05) is 19.1 Å². The van der Waals surface area contributed by atoms with Gasteiger partial charge in [0, 0.05) is 5.56 Å². The Morgan fingerprint density at radius 1 is 1.32 bits per heavy atom. The first-order chi connectivity index (χ1) is 12.1. The second kappa shape index (κ2) is 7.66. The predicted octanol–water partition coefficient (Wildman–Crippen LogP) is 3.52. The van der Waals surface area contributed by atoms with Crippen molar-refractivity contribution in [2.45, 2.75) is 13.2 Å². The quantitative estimate of drug-likeness (QED) is 0.561.